The number of rotatable bonds is 5. The van der Waals surface area contributed by atoms with E-state index in [0.29, 0.717) is 24.7 Å². The molecule has 8 nitrogen and oxygen atoms in total. The lowest BCUT2D eigenvalue weighted by atomic mass is 9.99. The first-order valence-electron chi connectivity index (χ1n) is 9.59. The molecule has 2 aromatic rings. The number of nitrogens with zero attached hydrogens (tertiary/aromatic N) is 2. The van der Waals surface area contributed by atoms with Crippen LogP contribution in [0.5, 0.6) is 0 Å². The number of hydrogen-bond acceptors (Lipinski definition) is 5. The molecule has 1 aliphatic heterocycles. The van der Waals surface area contributed by atoms with Crippen molar-refractivity contribution in [2.45, 2.75) is 46.1 Å². The number of amides is 1. The Bertz CT molecular complexity index is 954. The lowest BCUT2D eigenvalue weighted by molar-refractivity contribution is 0.0946. The van der Waals surface area contributed by atoms with Crippen LogP contribution in [0.15, 0.2) is 15.7 Å². The predicted octanol–water partition coefficient (Wildman–Crippen LogP) is 0.958. The smallest absolute Gasteiger partial charge is 0.329 e. The van der Waals surface area contributed by atoms with Gasteiger partial charge in [-0.3, -0.25) is 19.1 Å². The van der Waals surface area contributed by atoms with Crippen LogP contribution in [0, 0.1) is 5.92 Å². The molecule has 1 atom stereocenters. The van der Waals surface area contributed by atoms with Gasteiger partial charge in [-0.1, -0.05) is 13.8 Å². The molecule has 1 fully saturated rings. The SMILES string of the molecule is CCn1c(=O)[nH]c(=O)c2c(C(=O)NCC3CCCNC3)cc(C(C)C)nc21. The summed E-state index contributed by atoms with van der Waals surface area (Å²) >= 11 is 0. The van der Waals surface area contributed by atoms with Crippen molar-refractivity contribution >= 4 is 16.9 Å². The van der Waals surface area contributed by atoms with Crippen LogP contribution >= 0.6 is 0 Å². The van der Waals surface area contributed by atoms with Crippen molar-refractivity contribution in [3.63, 3.8) is 0 Å². The topological polar surface area (TPSA) is 109 Å². The van der Waals surface area contributed by atoms with E-state index < -0.39 is 11.2 Å². The summed E-state index contributed by atoms with van der Waals surface area (Å²) in [7, 11) is 0. The average Bonchev–Trinajstić information content (AvgIpc) is 2.66. The summed E-state index contributed by atoms with van der Waals surface area (Å²) in [6.07, 6.45) is 2.16. The van der Waals surface area contributed by atoms with Crippen LogP contribution in [0.2, 0.25) is 0 Å². The van der Waals surface area contributed by atoms with Gasteiger partial charge in [0.15, 0.2) is 5.65 Å². The van der Waals surface area contributed by atoms with Gasteiger partial charge < -0.3 is 10.6 Å². The summed E-state index contributed by atoms with van der Waals surface area (Å²) < 4.78 is 1.39. The first kappa shape index (κ1) is 19.3. The van der Waals surface area contributed by atoms with E-state index in [4.69, 9.17) is 0 Å². The van der Waals surface area contributed by atoms with Gasteiger partial charge in [-0.25, -0.2) is 9.78 Å². The molecule has 0 saturated carbocycles. The number of aromatic amines is 1. The maximum Gasteiger partial charge on any atom is 0.329 e. The number of H-pyrrole nitrogens is 1. The lowest BCUT2D eigenvalue weighted by Crippen LogP contribution is -2.39. The van der Waals surface area contributed by atoms with Crippen molar-refractivity contribution in [3.05, 3.63) is 38.2 Å². The fourth-order valence-corrected chi connectivity index (χ4v) is 3.49. The number of pyridine rings is 1. The molecule has 1 saturated heterocycles. The molecule has 1 amide bonds. The normalized spacial score (nSPS) is 17.4. The number of hydrogen-bond donors (Lipinski definition) is 3. The molecule has 3 rings (SSSR count). The molecule has 146 valence electrons. The number of aryl methyl sites for hydroxylation is 1. The van der Waals surface area contributed by atoms with E-state index in [9.17, 15) is 14.4 Å². The number of piperidine rings is 1. The largest absolute Gasteiger partial charge is 0.352 e. The molecule has 1 unspecified atom stereocenters. The number of fused-ring (bicyclic) bond motifs is 1. The Morgan fingerprint density at radius 1 is 1.41 bits per heavy atom. The maximum atomic E-state index is 12.9. The Morgan fingerprint density at radius 2 is 2.19 bits per heavy atom. The average molecular weight is 373 g/mol. The summed E-state index contributed by atoms with van der Waals surface area (Å²) in [5, 5.41) is 6.45. The van der Waals surface area contributed by atoms with Gasteiger partial charge in [0.05, 0.1) is 10.9 Å². The Labute approximate surface area is 157 Å². The van der Waals surface area contributed by atoms with Crippen LogP contribution < -0.4 is 21.9 Å². The summed E-state index contributed by atoms with van der Waals surface area (Å²) in [5.41, 5.74) is 0.132. The van der Waals surface area contributed by atoms with Gasteiger partial charge in [-0.2, -0.15) is 0 Å². The molecule has 8 heteroatoms. The minimum absolute atomic E-state index is 0.0585. The van der Waals surface area contributed by atoms with E-state index in [-0.39, 0.29) is 28.4 Å². The molecule has 0 aliphatic carbocycles. The molecular formula is C19H27N5O3. The van der Waals surface area contributed by atoms with Gasteiger partial charge in [0, 0.05) is 18.8 Å². The van der Waals surface area contributed by atoms with Crippen molar-refractivity contribution in [3.8, 4) is 0 Å². The highest BCUT2D eigenvalue weighted by Crippen LogP contribution is 2.20. The minimum atomic E-state index is -0.577. The van der Waals surface area contributed by atoms with Crippen molar-refractivity contribution < 1.29 is 4.79 Å². The van der Waals surface area contributed by atoms with Crippen LogP contribution in [0.25, 0.3) is 11.0 Å². The van der Waals surface area contributed by atoms with E-state index in [1.54, 1.807) is 13.0 Å². The Balaban J connectivity index is 2.05. The molecule has 2 aromatic heterocycles. The van der Waals surface area contributed by atoms with Crippen LogP contribution in [-0.2, 0) is 6.54 Å². The summed E-state index contributed by atoms with van der Waals surface area (Å²) in [4.78, 5) is 44.4. The van der Waals surface area contributed by atoms with Crippen LogP contribution in [-0.4, -0.2) is 40.1 Å². The van der Waals surface area contributed by atoms with Gasteiger partial charge in [-0.15, -0.1) is 0 Å². The van der Waals surface area contributed by atoms with Crippen LogP contribution in [0.3, 0.4) is 0 Å². The highest BCUT2D eigenvalue weighted by molar-refractivity contribution is 6.05. The standard InChI is InChI=1S/C19H27N5O3/c1-4-24-16-15(18(26)23-19(24)27)13(8-14(22-16)11(2)3)17(25)21-10-12-6-5-7-20-9-12/h8,11-12,20H,4-7,9-10H2,1-3H3,(H,21,25)(H,23,26,27). The maximum absolute atomic E-state index is 12.9. The highest BCUT2D eigenvalue weighted by Gasteiger charge is 2.21. The zero-order valence-corrected chi connectivity index (χ0v) is 16.1. The zero-order chi connectivity index (χ0) is 19.6. The van der Waals surface area contributed by atoms with E-state index in [2.05, 4.69) is 20.6 Å². The number of carbonyl (C=O) groups is 1. The van der Waals surface area contributed by atoms with Gasteiger partial charge in [0.25, 0.3) is 11.5 Å². The molecule has 3 N–H and O–H groups in total. The van der Waals surface area contributed by atoms with Crippen molar-refractivity contribution in [2.24, 2.45) is 5.92 Å². The molecule has 0 bridgehead atoms. The summed E-state index contributed by atoms with van der Waals surface area (Å²) in [6.45, 7) is 8.54. The Kier molecular flexibility index (Phi) is 5.74. The third-order valence-electron chi connectivity index (χ3n) is 5.07. The third kappa shape index (κ3) is 3.95. The van der Waals surface area contributed by atoms with Crippen molar-refractivity contribution in [1.29, 1.82) is 0 Å². The Morgan fingerprint density at radius 3 is 2.81 bits per heavy atom. The number of nitrogens with one attached hydrogen (secondary N) is 3. The second kappa shape index (κ2) is 8.04. The molecular weight excluding hydrogens is 346 g/mol. The molecule has 0 aromatic carbocycles. The lowest BCUT2D eigenvalue weighted by Gasteiger charge is -2.23. The number of aromatic nitrogens is 3. The minimum Gasteiger partial charge on any atom is -0.352 e. The zero-order valence-electron chi connectivity index (χ0n) is 16.1. The van der Waals surface area contributed by atoms with Crippen LogP contribution in [0.1, 0.15) is 55.6 Å². The van der Waals surface area contributed by atoms with E-state index >= 15 is 0 Å². The van der Waals surface area contributed by atoms with E-state index in [0.717, 1.165) is 25.9 Å². The molecule has 3 heterocycles. The summed E-state index contributed by atoms with van der Waals surface area (Å²) in [5.74, 6) is 0.136. The van der Waals surface area contributed by atoms with Gasteiger partial charge >= 0.3 is 5.69 Å². The Hall–Kier alpha value is -2.48. The quantitative estimate of drug-likeness (QED) is 0.723. The van der Waals surface area contributed by atoms with Gasteiger partial charge in [-0.05, 0) is 50.8 Å². The first-order chi connectivity index (χ1) is 12.9. The second-order valence-electron chi connectivity index (χ2n) is 7.37. The first-order valence-corrected chi connectivity index (χ1v) is 9.59. The van der Waals surface area contributed by atoms with E-state index in [1.807, 2.05) is 13.8 Å². The van der Waals surface area contributed by atoms with Gasteiger partial charge in [0.2, 0.25) is 0 Å². The van der Waals surface area contributed by atoms with Crippen molar-refractivity contribution in [1.82, 2.24) is 25.2 Å². The predicted molar refractivity (Wildman–Crippen MR) is 104 cm³/mol. The molecule has 0 spiro atoms. The van der Waals surface area contributed by atoms with E-state index in [1.165, 1.54) is 4.57 Å². The second-order valence-corrected chi connectivity index (χ2v) is 7.37. The van der Waals surface area contributed by atoms with Crippen molar-refractivity contribution in [2.75, 3.05) is 19.6 Å². The van der Waals surface area contributed by atoms with Gasteiger partial charge in [0.1, 0.15) is 0 Å². The molecule has 27 heavy (non-hydrogen) atoms. The third-order valence-corrected chi connectivity index (χ3v) is 5.07. The number of carbonyl (C=O) groups excluding carboxylic acids is 1. The fourth-order valence-electron chi connectivity index (χ4n) is 3.49. The fraction of sp³-hybridized carbons (Fsp3) is 0.579. The van der Waals surface area contributed by atoms with Crippen LogP contribution in [0.4, 0.5) is 0 Å². The monoisotopic (exact) mass is 373 g/mol. The summed E-state index contributed by atoms with van der Waals surface area (Å²) in [6, 6.07) is 1.67. The highest BCUT2D eigenvalue weighted by atomic mass is 16.2. The molecule has 0 radical (unpaired) electrons. The molecule has 1 aliphatic rings.